The molecule has 1 aromatic carbocycles. The van der Waals surface area contributed by atoms with Gasteiger partial charge in [0, 0.05) is 11.9 Å². The first-order valence-corrected chi connectivity index (χ1v) is 6.26. The largest absolute Gasteiger partial charge is 0.355 e. The number of alkyl halides is 1. The van der Waals surface area contributed by atoms with Crippen molar-refractivity contribution in [2.75, 3.05) is 5.32 Å². The minimum absolute atomic E-state index is 0.656. The number of allylic oxidation sites excluding steroid dienone is 2. The second kappa shape index (κ2) is 6.32. The van der Waals surface area contributed by atoms with Crippen LogP contribution in [0, 0.1) is 0 Å². The first-order valence-electron chi connectivity index (χ1n) is 6.26. The van der Waals surface area contributed by atoms with E-state index in [-0.39, 0.29) is 0 Å². The molecule has 3 heteroatoms. The van der Waals surface area contributed by atoms with Gasteiger partial charge in [-0.1, -0.05) is 24.8 Å². The summed E-state index contributed by atoms with van der Waals surface area (Å²) in [6, 6.07) is 7.22. The third-order valence-corrected chi connectivity index (χ3v) is 2.72. The fraction of sp³-hybridized carbons (Fsp3) is 0.312. The van der Waals surface area contributed by atoms with Crippen LogP contribution in [0.3, 0.4) is 0 Å². The fourth-order valence-electron chi connectivity index (χ4n) is 1.48. The Balaban J connectivity index is 2.76. The Bertz CT molecular complexity index is 490. The van der Waals surface area contributed by atoms with Gasteiger partial charge in [-0.15, -0.1) is 0 Å². The molecule has 0 aliphatic carbocycles. The highest BCUT2D eigenvalue weighted by molar-refractivity contribution is 6.00. The molecule has 0 radical (unpaired) electrons. The van der Waals surface area contributed by atoms with Crippen LogP contribution in [0.4, 0.5) is 10.1 Å². The Morgan fingerprint density at radius 1 is 1.32 bits per heavy atom. The molecule has 0 heterocycles. The van der Waals surface area contributed by atoms with E-state index in [1.807, 2.05) is 32.1 Å². The lowest BCUT2D eigenvalue weighted by Crippen LogP contribution is -2.10. The van der Waals surface area contributed by atoms with Crippen molar-refractivity contribution >= 4 is 11.4 Å². The molecule has 2 nitrogen and oxygen atoms in total. The van der Waals surface area contributed by atoms with Crippen LogP contribution in [-0.4, -0.2) is 5.71 Å². The lowest BCUT2D eigenvalue weighted by atomic mass is 10.0. The average Bonchev–Trinajstić information content (AvgIpc) is 2.35. The topological polar surface area (TPSA) is 24.4 Å². The van der Waals surface area contributed by atoms with Crippen LogP contribution >= 0.6 is 0 Å². The molecular weight excluding hydrogens is 239 g/mol. The molecule has 0 aliphatic heterocycles. The number of nitrogens with zero attached hydrogens (tertiary/aromatic N) is 1. The molecule has 0 aliphatic rings. The lowest BCUT2D eigenvalue weighted by Gasteiger charge is -2.15. The minimum atomic E-state index is -1.32. The van der Waals surface area contributed by atoms with Gasteiger partial charge in [-0.2, -0.15) is 0 Å². The summed E-state index contributed by atoms with van der Waals surface area (Å²) in [6.07, 6.45) is 3.58. The maximum absolute atomic E-state index is 13.7. The Morgan fingerprint density at radius 3 is 2.37 bits per heavy atom. The van der Waals surface area contributed by atoms with Gasteiger partial charge in [0.15, 0.2) is 0 Å². The first kappa shape index (κ1) is 15.2. The van der Waals surface area contributed by atoms with Crippen molar-refractivity contribution in [1.82, 2.24) is 0 Å². The third-order valence-electron chi connectivity index (χ3n) is 2.72. The molecule has 19 heavy (non-hydrogen) atoms. The second-order valence-electron chi connectivity index (χ2n) is 4.85. The Labute approximate surface area is 114 Å². The molecule has 0 amide bonds. The summed E-state index contributed by atoms with van der Waals surface area (Å²) in [5.41, 5.74) is 1.74. The average molecular weight is 260 g/mol. The van der Waals surface area contributed by atoms with Gasteiger partial charge in [-0.05, 0) is 45.4 Å². The van der Waals surface area contributed by atoms with Crippen LogP contribution in [0.25, 0.3) is 0 Å². The third kappa shape index (κ3) is 4.70. The first-order chi connectivity index (χ1) is 8.84. The van der Waals surface area contributed by atoms with Crippen LogP contribution in [0.1, 0.15) is 33.3 Å². The molecule has 102 valence electrons. The highest BCUT2D eigenvalue weighted by Crippen LogP contribution is 2.25. The summed E-state index contributed by atoms with van der Waals surface area (Å²) in [6.45, 7) is 10.8. The molecule has 1 N–H and O–H groups in total. The van der Waals surface area contributed by atoms with Gasteiger partial charge in [-0.25, -0.2) is 4.39 Å². The number of halogens is 1. The molecule has 0 unspecified atom stereocenters. The van der Waals surface area contributed by atoms with E-state index in [2.05, 4.69) is 16.9 Å². The van der Waals surface area contributed by atoms with E-state index < -0.39 is 5.67 Å². The molecule has 0 aromatic heterocycles. The summed E-state index contributed by atoms with van der Waals surface area (Å²) in [5, 5.41) is 3.15. The van der Waals surface area contributed by atoms with Gasteiger partial charge in [0.1, 0.15) is 5.67 Å². The highest BCUT2D eigenvalue weighted by atomic mass is 19.1. The van der Waals surface area contributed by atoms with Crippen molar-refractivity contribution in [1.29, 1.82) is 0 Å². The number of benzene rings is 1. The molecule has 0 saturated heterocycles. The molecule has 1 aromatic rings. The number of hydrogen-bond acceptors (Lipinski definition) is 2. The van der Waals surface area contributed by atoms with Gasteiger partial charge in [0.05, 0.1) is 11.4 Å². The normalized spacial score (nSPS) is 12.8. The van der Waals surface area contributed by atoms with Crippen molar-refractivity contribution in [3.05, 3.63) is 54.4 Å². The van der Waals surface area contributed by atoms with E-state index in [4.69, 9.17) is 0 Å². The van der Waals surface area contributed by atoms with Crippen molar-refractivity contribution < 1.29 is 4.39 Å². The Morgan fingerprint density at radius 2 is 1.89 bits per heavy atom. The number of nitrogens with one attached hydrogen (secondary N) is 1. The zero-order valence-electron chi connectivity index (χ0n) is 12.0. The second-order valence-corrected chi connectivity index (χ2v) is 4.85. The van der Waals surface area contributed by atoms with Gasteiger partial charge >= 0.3 is 0 Å². The maximum Gasteiger partial charge on any atom is 0.130 e. The van der Waals surface area contributed by atoms with Crippen molar-refractivity contribution in [2.45, 2.75) is 33.4 Å². The molecule has 0 fully saturated rings. The van der Waals surface area contributed by atoms with Crippen molar-refractivity contribution in [3.8, 4) is 0 Å². The molecule has 0 saturated carbocycles. The lowest BCUT2D eigenvalue weighted by molar-refractivity contribution is 0.221. The van der Waals surface area contributed by atoms with Crippen LogP contribution < -0.4 is 5.32 Å². The van der Waals surface area contributed by atoms with Gasteiger partial charge < -0.3 is 5.32 Å². The van der Waals surface area contributed by atoms with Crippen LogP contribution in [-0.2, 0) is 5.67 Å². The summed E-state index contributed by atoms with van der Waals surface area (Å²) in [4.78, 5) is 4.21. The Hall–Kier alpha value is -1.90. The summed E-state index contributed by atoms with van der Waals surface area (Å²) < 4.78 is 13.7. The number of aliphatic imine (C=N–C) groups is 1. The summed E-state index contributed by atoms with van der Waals surface area (Å²) in [7, 11) is 0. The van der Waals surface area contributed by atoms with Gasteiger partial charge in [-0.3, -0.25) is 4.99 Å². The number of hydrogen-bond donors (Lipinski definition) is 1. The van der Waals surface area contributed by atoms with E-state index in [0.29, 0.717) is 5.56 Å². The molecule has 0 spiro atoms. The standard InChI is InChI=1S/C16H21FN2/c1-6-11-18-12(2)13(3)19-15-9-7-14(8-10-15)16(4,5)17/h6-11,19H,3H2,1-2,4-5H3/b11-6-,18-12?. The predicted molar refractivity (Wildman–Crippen MR) is 81.3 cm³/mol. The SMILES string of the molecule is C=C(Nc1ccc(C(C)(C)F)cc1)C(C)=N/C=C\C. The van der Waals surface area contributed by atoms with Crippen molar-refractivity contribution in [3.63, 3.8) is 0 Å². The fourth-order valence-corrected chi connectivity index (χ4v) is 1.48. The van der Waals surface area contributed by atoms with E-state index in [9.17, 15) is 4.39 Å². The summed E-state index contributed by atoms with van der Waals surface area (Å²) >= 11 is 0. The molecule has 1 rings (SSSR count). The number of rotatable bonds is 5. The summed E-state index contributed by atoms with van der Waals surface area (Å²) in [5.74, 6) is 0. The van der Waals surface area contributed by atoms with E-state index in [1.165, 1.54) is 0 Å². The smallest absolute Gasteiger partial charge is 0.130 e. The number of anilines is 1. The zero-order valence-corrected chi connectivity index (χ0v) is 12.0. The van der Waals surface area contributed by atoms with Crippen LogP contribution in [0.15, 0.2) is 53.8 Å². The van der Waals surface area contributed by atoms with E-state index >= 15 is 0 Å². The quantitative estimate of drug-likeness (QED) is 0.755. The zero-order chi connectivity index (χ0) is 14.5. The van der Waals surface area contributed by atoms with Crippen LogP contribution in [0.2, 0.25) is 0 Å². The molecule has 0 atom stereocenters. The van der Waals surface area contributed by atoms with Gasteiger partial charge in [0.2, 0.25) is 0 Å². The highest BCUT2D eigenvalue weighted by Gasteiger charge is 2.17. The monoisotopic (exact) mass is 260 g/mol. The van der Waals surface area contributed by atoms with Crippen molar-refractivity contribution in [2.24, 2.45) is 4.99 Å². The van der Waals surface area contributed by atoms with E-state index in [0.717, 1.165) is 17.1 Å². The molecular formula is C16H21FN2. The van der Waals surface area contributed by atoms with Crippen LogP contribution in [0.5, 0.6) is 0 Å². The van der Waals surface area contributed by atoms with Gasteiger partial charge in [0.25, 0.3) is 0 Å². The predicted octanol–water partition coefficient (Wildman–Crippen LogP) is 4.81. The Kier molecular flexibility index (Phi) is 5.04. The molecule has 0 bridgehead atoms. The minimum Gasteiger partial charge on any atom is -0.355 e. The van der Waals surface area contributed by atoms with E-state index in [1.54, 1.807) is 32.2 Å². The maximum atomic E-state index is 13.7.